The number of nitrogens with zero attached hydrogens (tertiary/aromatic N) is 5. The third-order valence-electron chi connectivity index (χ3n) is 4.52. The lowest BCUT2D eigenvalue weighted by Gasteiger charge is -2.08. The summed E-state index contributed by atoms with van der Waals surface area (Å²) in [6.45, 7) is 1.73. The molecule has 0 atom stereocenters. The minimum atomic E-state index is -0.481. The number of rotatable bonds is 4. The summed E-state index contributed by atoms with van der Waals surface area (Å²) in [5.41, 5.74) is 0.930. The van der Waals surface area contributed by atoms with Crippen LogP contribution in [0.2, 0.25) is 0 Å². The number of furan rings is 1. The number of H-pyrrole nitrogens is 1. The van der Waals surface area contributed by atoms with Crippen molar-refractivity contribution in [2.45, 2.75) is 6.92 Å². The Morgan fingerprint density at radius 2 is 2.00 bits per heavy atom. The molecule has 0 saturated heterocycles. The highest BCUT2D eigenvalue weighted by atomic mass is 19.1. The maximum Gasteiger partial charge on any atom is 0.292 e. The monoisotopic (exact) mass is 419 g/mol. The number of hydrogen-bond donors (Lipinski definition) is 2. The molecule has 0 aliphatic heterocycles. The molecule has 10 nitrogen and oxygen atoms in total. The maximum atomic E-state index is 13.3. The molecule has 0 saturated carbocycles. The second-order valence-electron chi connectivity index (χ2n) is 6.67. The number of amides is 1. The van der Waals surface area contributed by atoms with E-state index in [0.29, 0.717) is 11.4 Å². The predicted molar refractivity (Wildman–Crippen MR) is 108 cm³/mol. The smallest absolute Gasteiger partial charge is 0.292 e. The number of carbonyl (C=O) groups is 1. The van der Waals surface area contributed by atoms with Gasteiger partial charge in [-0.2, -0.15) is 19.9 Å². The van der Waals surface area contributed by atoms with Crippen LogP contribution in [0, 0.1) is 12.7 Å². The van der Waals surface area contributed by atoms with Crippen LogP contribution in [-0.4, -0.2) is 35.4 Å². The van der Waals surface area contributed by atoms with Crippen molar-refractivity contribution in [1.29, 1.82) is 0 Å². The van der Waals surface area contributed by atoms with Crippen LogP contribution in [0.25, 0.3) is 22.7 Å². The van der Waals surface area contributed by atoms with E-state index in [1.807, 2.05) is 0 Å². The van der Waals surface area contributed by atoms with Gasteiger partial charge in [-0.05, 0) is 43.3 Å². The number of aryl methyl sites for hydroxylation is 1. The fraction of sp³-hybridized carbons (Fsp3) is 0.0500. The highest BCUT2D eigenvalue weighted by Crippen LogP contribution is 2.19. The van der Waals surface area contributed by atoms with Crippen LogP contribution in [0.4, 0.5) is 10.2 Å². The lowest BCUT2D eigenvalue weighted by Crippen LogP contribution is -2.19. The van der Waals surface area contributed by atoms with Crippen LogP contribution in [0.5, 0.6) is 0 Å². The molecule has 2 N–H and O–H groups in total. The molecular formula is C20H14FN7O3. The van der Waals surface area contributed by atoms with E-state index in [1.54, 1.807) is 19.1 Å². The summed E-state index contributed by atoms with van der Waals surface area (Å²) < 4.78 is 21.1. The summed E-state index contributed by atoms with van der Waals surface area (Å²) in [7, 11) is 0. The largest absolute Gasteiger partial charge is 0.459 e. The van der Waals surface area contributed by atoms with Crippen LogP contribution in [-0.2, 0) is 0 Å². The Morgan fingerprint density at radius 3 is 2.74 bits per heavy atom. The van der Waals surface area contributed by atoms with Crippen molar-refractivity contribution in [2.75, 3.05) is 5.32 Å². The van der Waals surface area contributed by atoms with Gasteiger partial charge < -0.3 is 9.73 Å². The molecular weight excluding hydrogens is 405 g/mol. The fourth-order valence-electron chi connectivity index (χ4n) is 3.11. The number of hydrogen-bond acceptors (Lipinski definition) is 6. The number of anilines is 1. The summed E-state index contributed by atoms with van der Waals surface area (Å²) >= 11 is 0. The summed E-state index contributed by atoms with van der Waals surface area (Å²) in [4.78, 5) is 32.2. The Bertz CT molecular complexity index is 1460. The molecule has 11 heteroatoms. The fourth-order valence-corrected chi connectivity index (χ4v) is 3.11. The van der Waals surface area contributed by atoms with Gasteiger partial charge in [0.05, 0.1) is 23.8 Å². The Hall–Kier alpha value is -4.54. The van der Waals surface area contributed by atoms with Crippen molar-refractivity contribution in [3.05, 3.63) is 82.5 Å². The first-order chi connectivity index (χ1) is 15.0. The van der Waals surface area contributed by atoms with Gasteiger partial charge in [-0.25, -0.2) is 9.07 Å². The van der Waals surface area contributed by atoms with Crippen molar-refractivity contribution < 1.29 is 13.6 Å². The van der Waals surface area contributed by atoms with Crippen LogP contribution in [0.1, 0.15) is 16.2 Å². The number of carbonyl (C=O) groups excluding carboxylic acids is 1. The second kappa shape index (κ2) is 7.06. The summed E-state index contributed by atoms with van der Waals surface area (Å²) in [6, 6.07) is 10.4. The molecule has 5 rings (SSSR count). The van der Waals surface area contributed by atoms with Gasteiger partial charge >= 0.3 is 0 Å². The van der Waals surface area contributed by atoms with Crippen molar-refractivity contribution in [1.82, 2.24) is 29.5 Å². The minimum absolute atomic E-state index is 0.0733. The van der Waals surface area contributed by atoms with E-state index >= 15 is 0 Å². The number of benzene rings is 1. The first-order valence-electron chi connectivity index (χ1n) is 9.15. The molecule has 154 valence electrons. The Labute approximate surface area is 173 Å². The Morgan fingerprint density at radius 1 is 1.19 bits per heavy atom. The first-order valence-corrected chi connectivity index (χ1v) is 9.15. The molecule has 0 fully saturated rings. The van der Waals surface area contributed by atoms with Gasteiger partial charge in [0.15, 0.2) is 11.4 Å². The summed E-state index contributed by atoms with van der Waals surface area (Å²) in [6.07, 6.45) is 2.77. The van der Waals surface area contributed by atoms with E-state index in [0.717, 1.165) is 0 Å². The molecule has 1 amide bonds. The predicted octanol–water partition coefficient (Wildman–Crippen LogP) is 2.59. The molecule has 0 aliphatic carbocycles. The highest BCUT2D eigenvalue weighted by molar-refractivity contribution is 6.01. The van der Waals surface area contributed by atoms with Gasteiger partial charge in [-0.3, -0.25) is 14.6 Å². The zero-order chi connectivity index (χ0) is 21.5. The molecule has 5 aromatic rings. The highest BCUT2D eigenvalue weighted by Gasteiger charge is 2.18. The summed E-state index contributed by atoms with van der Waals surface area (Å²) in [5, 5.41) is 11.5. The van der Waals surface area contributed by atoms with E-state index in [-0.39, 0.29) is 28.6 Å². The van der Waals surface area contributed by atoms with E-state index < -0.39 is 17.3 Å². The average Bonchev–Trinajstić information content (AvgIpc) is 3.48. The van der Waals surface area contributed by atoms with Crippen LogP contribution >= 0.6 is 0 Å². The minimum Gasteiger partial charge on any atom is -0.459 e. The quantitative estimate of drug-likeness (QED) is 0.462. The second-order valence-corrected chi connectivity index (χ2v) is 6.67. The van der Waals surface area contributed by atoms with E-state index in [2.05, 4.69) is 25.5 Å². The first kappa shape index (κ1) is 18.5. The van der Waals surface area contributed by atoms with E-state index in [4.69, 9.17) is 4.42 Å². The molecule has 0 spiro atoms. The molecule has 0 aliphatic rings. The topological polar surface area (TPSA) is 124 Å². The third-order valence-corrected chi connectivity index (χ3v) is 4.52. The van der Waals surface area contributed by atoms with Crippen LogP contribution < -0.4 is 10.9 Å². The molecule has 1 aromatic carbocycles. The maximum absolute atomic E-state index is 13.3. The number of aromatic nitrogens is 6. The zero-order valence-corrected chi connectivity index (χ0v) is 16.0. The number of halogens is 1. The van der Waals surface area contributed by atoms with Crippen LogP contribution in [0.3, 0.4) is 0 Å². The molecule has 31 heavy (non-hydrogen) atoms. The normalized spacial score (nSPS) is 11.2. The van der Waals surface area contributed by atoms with Gasteiger partial charge in [0, 0.05) is 6.07 Å². The standard InChI is InChI=1S/C20H14FN7O3/c1-11-9-16(23-19(30)15-3-2-8-31-15)28(26-11)20-24-17-14(18(29)25-20)10-22-27(17)13-6-4-12(21)5-7-13/h2-10H,1H3,(H,23,30)(H,24,25,29). The SMILES string of the molecule is Cc1cc(NC(=O)c2ccco2)n(-c2nc3c(cnn3-c3ccc(F)cc3)c(=O)[nH]2)n1. The van der Waals surface area contributed by atoms with Crippen LogP contribution in [0.15, 0.2) is 64.1 Å². The van der Waals surface area contributed by atoms with Crippen molar-refractivity contribution in [3.63, 3.8) is 0 Å². The Balaban J connectivity index is 1.61. The van der Waals surface area contributed by atoms with Gasteiger partial charge in [0.2, 0.25) is 5.95 Å². The van der Waals surface area contributed by atoms with Crippen molar-refractivity contribution >= 4 is 22.8 Å². The number of aromatic amines is 1. The van der Waals surface area contributed by atoms with Gasteiger partial charge in [0.1, 0.15) is 17.0 Å². The van der Waals surface area contributed by atoms with Crippen molar-refractivity contribution in [2.24, 2.45) is 0 Å². The Kier molecular flexibility index (Phi) is 4.21. The lowest BCUT2D eigenvalue weighted by atomic mass is 10.3. The molecule has 0 unspecified atom stereocenters. The zero-order valence-electron chi connectivity index (χ0n) is 16.0. The number of nitrogens with one attached hydrogen (secondary N) is 2. The molecule has 0 bridgehead atoms. The molecule has 4 heterocycles. The van der Waals surface area contributed by atoms with E-state index in [1.165, 1.54) is 52.2 Å². The third kappa shape index (κ3) is 3.27. The average molecular weight is 419 g/mol. The summed E-state index contributed by atoms with van der Waals surface area (Å²) in [5.74, 6) is -0.392. The van der Waals surface area contributed by atoms with Gasteiger partial charge in [-0.15, -0.1) is 0 Å². The lowest BCUT2D eigenvalue weighted by molar-refractivity contribution is 0.0996. The molecule has 0 radical (unpaired) electrons. The molecule has 4 aromatic heterocycles. The van der Waals surface area contributed by atoms with E-state index in [9.17, 15) is 14.0 Å². The van der Waals surface area contributed by atoms with Gasteiger partial charge in [0.25, 0.3) is 11.5 Å². The van der Waals surface area contributed by atoms with Gasteiger partial charge in [-0.1, -0.05) is 0 Å². The number of fused-ring (bicyclic) bond motifs is 1. The van der Waals surface area contributed by atoms with Crippen molar-refractivity contribution in [3.8, 4) is 11.6 Å².